The van der Waals surface area contributed by atoms with Gasteiger partial charge in [0.2, 0.25) is 0 Å². The van der Waals surface area contributed by atoms with Crippen molar-refractivity contribution in [1.82, 2.24) is 10.2 Å². The minimum atomic E-state index is -0.110. The van der Waals surface area contributed by atoms with Gasteiger partial charge in [-0.2, -0.15) is 0 Å². The molecule has 0 aromatic heterocycles. The summed E-state index contributed by atoms with van der Waals surface area (Å²) in [7, 11) is 5.35. The van der Waals surface area contributed by atoms with Gasteiger partial charge >= 0.3 is 0 Å². The summed E-state index contributed by atoms with van der Waals surface area (Å²) in [4.78, 5) is 26.8. The van der Waals surface area contributed by atoms with Crippen LogP contribution in [0.3, 0.4) is 0 Å². The molecule has 0 aliphatic carbocycles. The number of hydrogen-bond acceptors (Lipinski definition) is 2. The molecule has 1 unspecified atom stereocenters. The summed E-state index contributed by atoms with van der Waals surface area (Å²) < 4.78 is 0. The van der Waals surface area contributed by atoms with Gasteiger partial charge in [0.15, 0.2) is 6.54 Å². The van der Waals surface area contributed by atoms with Gasteiger partial charge in [0.25, 0.3) is 11.8 Å². The van der Waals surface area contributed by atoms with Crippen molar-refractivity contribution >= 4 is 35.0 Å². The molecule has 1 atom stereocenters. The number of halogens is 2. The van der Waals surface area contributed by atoms with Crippen molar-refractivity contribution in [3.63, 3.8) is 0 Å². The molecule has 2 amide bonds. The van der Waals surface area contributed by atoms with Crippen LogP contribution in [0, 0.1) is 0 Å². The van der Waals surface area contributed by atoms with E-state index in [0.717, 1.165) is 16.0 Å². The molecule has 144 valence electrons. The number of quaternary nitrogens is 1. The van der Waals surface area contributed by atoms with E-state index in [4.69, 9.17) is 23.2 Å². The average Bonchev–Trinajstić information content (AvgIpc) is 2.64. The van der Waals surface area contributed by atoms with Crippen molar-refractivity contribution in [2.75, 3.05) is 27.7 Å². The Morgan fingerprint density at radius 2 is 1.67 bits per heavy atom. The second kappa shape index (κ2) is 9.74. The van der Waals surface area contributed by atoms with E-state index in [1.807, 2.05) is 25.2 Å². The molecule has 0 heterocycles. The average molecular weight is 409 g/mol. The molecule has 0 saturated heterocycles. The lowest BCUT2D eigenvalue weighted by Crippen LogP contribution is -3.08. The highest BCUT2D eigenvalue weighted by atomic mass is 35.5. The number of nitrogens with one attached hydrogen (secondary N) is 2. The number of carbonyl (C=O) groups excluding carboxylic acids is 2. The maximum atomic E-state index is 12.5. The van der Waals surface area contributed by atoms with Crippen LogP contribution in [0.15, 0.2) is 42.5 Å². The summed E-state index contributed by atoms with van der Waals surface area (Å²) >= 11 is 11.9. The summed E-state index contributed by atoms with van der Waals surface area (Å²) in [5.41, 5.74) is 2.62. The van der Waals surface area contributed by atoms with Gasteiger partial charge in [0.05, 0.1) is 17.1 Å². The molecule has 0 aliphatic rings. The Kier molecular flexibility index (Phi) is 7.66. The number of likely N-dealkylation sites (N-methyl/N-ethyl adjacent to an activating group) is 2. The fourth-order valence-electron chi connectivity index (χ4n) is 2.72. The Balaban J connectivity index is 1.88. The fraction of sp³-hybridized carbons (Fsp3) is 0.300. The minimum absolute atomic E-state index is 0.0422. The zero-order chi connectivity index (χ0) is 20.0. The first kappa shape index (κ1) is 21.2. The second-order valence-corrected chi connectivity index (χ2v) is 7.40. The largest absolute Gasteiger partial charge is 0.355 e. The van der Waals surface area contributed by atoms with E-state index in [0.29, 0.717) is 35.2 Å². The highest BCUT2D eigenvalue weighted by molar-refractivity contribution is 6.42. The van der Waals surface area contributed by atoms with Crippen LogP contribution in [-0.2, 0) is 17.9 Å². The third-order valence-corrected chi connectivity index (χ3v) is 4.97. The van der Waals surface area contributed by atoms with E-state index < -0.39 is 0 Å². The first-order chi connectivity index (χ1) is 12.8. The van der Waals surface area contributed by atoms with E-state index in [2.05, 4.69) is 5.32 Å². The molecule has 27 heavy (non-hydrogen) atoms. The first-order valence-electron chi connectivity index (χ1n) is 8.60. The number of hydrogen-bond donors (Lipinski definition) is 2. The van der Waals surface area contributed by atoms with E-state index in [-0.39, 0.29) is 11.8 Å². The zero-order valence-electron chi connectivity index (χ0n) is 15.7. The fourth-order valence-corrected chi connectivity index (χ4v) is 3.04. The predicted octanol–water partition coefficient (Wildman–Crippen LogP) is 2.03. The van der Waals surface area contributed by atoms with Crippen molar-refractivity contribution in [2.24, 2.45) is 0 Å². The van der Waals surface area contributed by atoms with Crippen LogP contribution in [0.2, 0.25) is 10.0 Å². The molecular formula is C20H24Cl2N3O2+. The standard InChI is InChI=1S/C20H23Cl2N3O2/c1-23-20(27)16-7-4-14(5-8-16)11-24(2)13-19(26)25(3)12-15-6-9-17(21)18(22)10-15/h4-10H,11-13H2,1-3H3,(H,23,27)/p+1. The Hall–Kier alpha value is -2.08. The van der Waals surface area contributed by atoms with Crippen molar-refractivity contribution in [3.8, 4) is 0 Å². The molecule has 2 rings (SSSR count). The SMILES string of the molecule is CNC(=O)c1ccc(C[NH+](C)CC(=O)N(C)Cc2ccc(Cl)c(Cl)c2)cc1. The normalized spacial score (nSPS) is 11.7. The Labute approximate surface area is 169 Å². The molecule has 0 radical (unpaired) electrons. The third-order valence-electron chi connectivity index (χ3n) is 4.23. The highest BCUT2D eigenvalue weighted by Gasteiger charge is 2.16. The molecule has 2 aromatic rings. The molecule has 0 bridgehead atoms. The van der Waals surface area contributed by atoms with E-state index in [1.54, 1.807) is 43.3 Å². The Morgan fingerprint density at radius 1 is 1.04 bits per heavy atom. The van der Waals surface area contributed by atoms with Crippen LogP contribution in [-0.4, -0.2) is 44.4 Å². The molecular weight excluding hydrogens is 385 g/mol. The smallest absolute Gasteiger partial charge is 0.277 e. The molecule has 7 heteroatoms. The highest BCUT2D eigenvalue weighted by Crippen LogP contribution is 2.23. The maximum absolute atomic E-state index is 12.5. The second-order valence-electron chi connectivity index (χ2n) is 6.58. The summed E-state index contributed by atoms with van der Waals surface area (Å²) in [6.45, 7) is 1.54. The summed E-state index contributed by atoms with van der Waals surface area (Å²) in [6, 6.07) is 12.8. The summed E-state index contributed by atoms with van der Waals surface area (Å²) in [6.07, 6.45) is 0. The van der Waals surface area contributed by atoms with Crippen molar-refractivity contribution in [3.05, 3.63) is 69.2 Å². The zero-order valence-corrected chi connectivity index (χ0v) is 17.2. The van der Waals surface area contributed by atoms with E-state index in [1.165, 1.54) is 0 Å². The number of amides is 2. The molecule has 5 nitrogen and oxygen atoms in total. The molecule has 0 fully saturated rings. The molecule has 2 aromatic carbocycles. The minimum Gasteiger partial charge on any atom is -0.355 e. The quantitative estimate of drug-likeness (QED) is 0.736. The van der Waals surface area contributed by atoms with Gasteiger partial charge in [-0.1, -0.05) is 41.4 Å². The lowest BCUT2D eigenvalue weighted by atomic mass is 10.1. The number of rotatable bonds is 7. The Morgan fingerprint density at radius 3 is 2.26 bits per heavy atom. The van der Waals surface area contributed by atoms with Crippen molar-refractivity contribution < 1.29 is 14.5 Å². The molecule has 2 N–H and O–H groups in total. The topological polar surface area (TPSA) is 53.9 Å². The predicted molar refractivity (Wildman–Crippen MR) is 108 cm³/mol. The monoisotopic (exact) mass is 408 g/mol. The van der Waals surface area contributed by atoms with Gasteiger partial charge in [-0.3, -0.25) is 9.59 Å². The number of carbonyl (C=O) groups is 2. The lowest BCUT2D eigenvalue weighted by Gasteiger charge is -2.20. The molecule has 0 aliphatic heterocycles. The van der Waals surface area contributed by atoms with E-state index in [9.17, 15) is 9.59 Å². The van der Waals surface area contributed by atoms with Crippen LogP contribution < -0.4 is 10.2 Å². The Bertz CT molecular complexity index is 809. The maximum Gasteiger partial charge on any atom is 0.277 e. The van der Waals surface area contributed by atoms with Crippen LogP contribution >= 0.6 is 23.2 Å². The summed E-state index contributed by atoms with van der Waals surface area (Å²) in [5, 5.41) is 3.58. The molecule has 0 spiro atoms. The lowest BCUT2D eigenvalue weighted by molar-refractivity contribution is -0.885. The van der Waals surface area contributed by atoms with Gasteiger partial charge < -0.3 is 15.1 Å². The van der Waals surface area contributed by atoms with Gasteiger partial charge in [-0.05, 0) is 29.8 Å². The van der Waals surface area contributed by atoms with Crippen LogP contribution in [0.25, 0.3) is 0 Å². The number of nitrogens with zero attached hydrogens (tertiary/aromatic N) is 1. The first-order valence-corrected chi connectivity index (χ1v) is 9.36. The van der Waals surface area contributed by atoms with Gasteiger partial charge in [0, 0.05) is 31.8 Å². The third kappa shape index (κ3) is 6.24. The van der Waals surface area contributed by atoms with Gasteiger partial charge in [-0.15, -0.1) is 0 Å². The van der Waals surface area contributed by atoms with Crippen LogP contribution in [0.5, 0.6) is 0 Å². The summed E-state index contributed by atoms with van der Waals surface area (Å²) in [5.74, 6) is -0.0677. The van der Waals surface area contributed by atoms with Crippen molar-refractivity contribution in [1.29, 1.82) is 0 Å². The van der Waals surface area contributed by atoms with Crippen molar-refractivity contribution in [2.45, 2.75) is 13.1 Å². The van der Waals surface area contributed by atoms with Gasteiger partial charge in [0.1, 0.15) is 6.54 Å². The van der Waals surface area contributed by atoms with Gasteiger partial charge in [-0.25, -0.2) is 0 Å². The molecule has 0 saturated carbocycles. The van der Waals surface area contributed by atoms with E-state index >= 15 is 0 Å². The van der Waals surface area contributed by atoms with Crippen LogP contribution in [0.1, 0.15) is 21.5 Å². The number of benzene rings is 2. The van der Waals surface area contributed by atoms with Crippen LogP contribution in [0.4, 0.5) is 0 Å².